The van der Waals surface area contributed by atoms with E-state index in [9.17, 15) is 8.42 Å². The zero-order valence-corrected chi connectivity index (χ0v) is 10.9. The van der Waals surface area contributed by atoms with Gasteiger partial charge in [-0.2, -0.15) is 0 Å². The van der Waals surface area contributed by atoms with Crippen molar-refractivity contribution in [3.63, 3.8) is 0 Å². The first-order valence-electron chi connectivity index (χ1n) is 4.76. The van der Waals surface area contributed by atoms with Crippen molar-refractivity contribution in [2.24, 2.45) is 7.05 Å². The van der Waals surface area contributed by atoms with E-state index in [0.717, 1.165) is 4.88 Å². The van der Waals surface area contributed by atoms with Crippen molar-refractivity contribution in [3.05, 3.63) is 22.8 Å². The number of nitrogens with one attached hydrogen (secondary N) is 1. The van der Waals surface area contributed by atoms with Crippen molar-refractivity contribution in [1.29, 1.82) is 0 Å². The van der Waals surface area contributed by atoms with Crippen LogP contribution in [0.2, 0.25) is 0 Å². The largest absolute Gasteiger partial charge is 0.250 e. The van der Waals surface area contributed by atoms with Gasteiger partial charge in [0.15, 0.2) is 5.82 Å². The fourth-order valence-electron chi connectivity index (χ4n) is 1.18. The third kappa shape index (κ3) is 2.68. The average molecular weight is 273 g/mol. The molecule has 2 heterocycles. The molecule has 0 fully saturated rings. The molecule has 7 nitrogen and oxygen atoms in total. The van der Waals surface area contributed by atoms with E-state index in [-0.39, 0.29) is 6.54 Å². The van der Waals surface area contributed by atoms with Gasteiger partial charge in [0.05, 0.1) is 6.54 Å². The van der Waals surface area contributed by atoms with Gasteiger partial charge >= 0.3 is 0 Å². The van der Waals surface area contributed by atoms with Gasteiger partial charge in [-0.05, 0) is 29.5 Å². The number of sulfonamides is 1. The molecule has 2 aromatic heterocycles. The number of aryl methyl sites for hydroxylation is 2. The highest BCUT2D eigenvalue weighted by atomic mass is 32.2. The zero-order valence-electron chi connectivity index (χ0n) is 9.28. The number of nitrogens with zero attached hydrogens (tertiary/aromatic N) is 4. The van der Waals surface area contributed by atoms with E-state index in [0.29, 0.717) is 10.0 Å². The van der Waals surface area contributed by atoms with E-state index in [1.165, 1.54) is 16.0 Å². The summed E-state index contributed by atoms with van der Waals surface area (Å²) in [5.74, 6) is 0.460. The van der Waals surface area contributed by atoms with Crippen molar-refractivity contribution < 1.29 is 8.42 Å². The maximum atomic E-state index is 11.9. The van der Waals surface area contributed by atoms with Gasteiger partial charge in [0.2, 0.25) is 10.0 Å². The monoisotopic (exact) mass is 273 g/mol. The molecule has 0 saturated heterocycles. The lowest BCUT2D eigenvalue weighted by molar-refractivity contribution is 0.577. The summed E-state index contributed by atoms with van der Waals surface area (Å²) in [6.45, 7) is 1.93. The van der Waals surface area contributed by atoms with Crippen LogP contribution in [0.3, 0.4) is 0 Å². The first-order valence-corrected chi connectivity index (χ1v) is 7.06. The summed E-state index contributed by atoms with van der Waals surface area (Å²) >= 11 is 1.23. The highest BCUT2D eigenvalue weighted by Gasteiger charge is 2.16. The van der Waals surface area contributed by atoms with Crippen molar-refractivity contribution >= 4 is 21.4 Å². The number of tetrazole rings is 1. The van der Waals surface area contributed by atoms with E-state index < -0.39 is 10.0 Å². The quantitative estimate of drug-likeness (QED) is 0.850. The standard InChI is InChI=1S/C8H11N5O2S2/c1-6-3-4-8(16-6)17(14,15)9-5-7-10-11-12-13(7)2/h3-4,9H,5H2,1-2H3. The molecule has 17 heavy (non-hydrogen) atoms. The SMILES string of the molecule is Cc1ccc(S(=O)(=O)NCc2nnnn2C)s1. The number of rotatable bonds is 4. The number of hydrogen-bond donors (Lipinski definition) is 1. The fraction of sp³-hybridized carbons (Fsp3) is 0.375. The van der Waals surface area contributed by atoms with E-state index in [1.54, 1.807) is 19.2 Å². The van der Waals surface area contributed by atoms with Crippen LogP contribution in [-0.2, 0) is 23.6 Å². The maximum Gasteiger partial charge on any atom is 0.250 e. The van der Waals surface area contributed by atoms with Crippen LogP contribution < -0.4 is 4.72 Å². The Morgan fingerprint density at radius 3 is 2.76 bits per heavy atom. The molecule has 0 aliphatic heterocycles. The van der Waals surface area contributed by atoms with Gasteiger partial charge in [0.25, 0.3) is 0 Å². The lowest BCUT2D eigenvalue weighted by atomic mass is 10.5. The van der Waals surface area contributed by atoms with Crippen molar-refractivity contribution in [2.45, 2.75) is 17.7 Å². The molecular weight excluding hydrogens is 262 g/mol. The molecule has 0 atom stereocenters. The third-order valence-electron chi connectivity index (χ3n) is 2.11. The maximum absolute atomic E-state index is 11.9. The van der Waals surface area contributed by atoms with Gasteiger partial charge in [0, 0.05) is 11.9 Å². The Labute approximate surface area is 103 Å². The van der Waals surface area contributed by atoms with Gasteiger partial charge in [0.1, 0.15) is 4.21 Å². The van der Waals surface area contributed by atoms with Crippen LogP contribution in [0.1, 0.15) is 10.7 Å². The summed E-state index contributed by atoms with van der Waals surface area (Å²) in [7, 11) is -1.82. The van der Waals surface area contributed by atoms with Crippen LogP contribution in [0.15, 0.2) is 16.3 Å². The molecule has 0 aromatic carbocycles. The summed E-state index contributed by atoms with van der Waals surface area (Å²) in [5, 5.41) is 10.7. The minimum absolute atomic E-state index is 0.0722. The molecule has 0 aliphatic carbocycles. The van der Waals surface area contributed by atoms with Gasteiger partial charge in [-0.3, -0.25) is 0 Å². The molecule has 0 aliphatic rings. The van der Waals surface area contributed by atoms with E-state index >= 15 is 0 Å². The molecule has 0 radical (unpaired) electrons. The highest BCUT2D eigenvalue weighted by molar-refractivity contribution is 7.91. The van der Waals surface area contributed by atoms with Crippen molar-refractivity contribution in [3.8, 4) is 0 Å². The van der Waals surface area contributed by atoms with Gasteiger partial charge in [-0.15, -0.1) is 16.4 Å². The van der Waals surface area contributed by atoms with E-state index in [1.807, 2.05) is 6.92 Å². The lowest BCUT2D eigenvalue weighted by Crippen LogP contribution is -2.24. The normalized spacial score (nSPS) is 11.9. The Kier molecular flexibility index (Phi) is 3.22. The van der Waals surface area contributed by atoms with Gasteiger partial charge in [-0.1, -0.05) is 0 Å². The van der Waals surface area contributed by atoms with Crippen LogP contribution in [0.5, 0.6) is 0 Å². The van der Waals surface area contributed by atoms with E-state index in [2.05, 4.69) is 20.2 Å². The minimum atomic E-state index is -3.47. The molecule has 0 bridgehead atoms. The molecule has 0 amide bonds. The Bertz CT molecular complexity index is 615. The van der Waals surface area contributed by atoms with Crippen LogP contribution in [0.25, 0.3) is 0 Å². The zero-order chi connectivity index (χ0) is 12.5. The fourth-order valence-corrected chi connectivity index (χ4v) is 3.49. The van der Waals surface area contributed by atoms with Crippen LogP contribution in [0, 0.1) is 6.92 Å². The topological polar surface area (TPSA) is 89.8 Å². The molecule has 1 N–H and O–H groups in total. The number of hydrogen-bond acceptors (Lipinski definition) is 6. The first kappa shape index (κ1) is 12.1. The van der Waals surface area contributed by atoms with Crippen LogP contribution in [-0.4, -0.2) is 28.6 Å². The second-order valence-corrected chi connectivity index (χ2v) is 6.69. The summed E-state index contributed by atoms with van der Waals surface area (Å²) in [4.78, 5) is 0.950. The molecule has 0 unspecified atom stereocenters. The summed E-state index contributed by atoms with van der Waals surface area (Å²) < 4.78 is 27.9. The summed E-state index contributed by atoms with van der Waals surface area (Å²) in [5.41, 5.74) is 0. The second kappa shape index (κ2) is 4.51. The van der Waals surface area contributed by atoms with Crippen molar-refractivity contribution in [2.75, 3.05) is 0 Å². The summed E-state index contributed by atoms with van der Waals surface area (Å²) in [6, 6.07) is 3.35. The van der Waals surface area contributed by atoms with Gasteiger partial charge in [-0.25, -0.2) is 17.8 Å². The molecule has 0 saturated carbocycles. The molecular formula is C8H11N5O2S2. The minimum Gasteiger partial charge on any atom is -0.231 e. The van der Waals surface area contributed by atoms with Crippen molar-refractivity contribution in [1.82, 2.24) is 24.9 Å². The smallest absolute Gasteiger partial charge is 0.231 e. The van der Waals surface area contributed by atoms with E-state index in [4.69, 9.17) is 0 Å². The Morgan fingerprint density at radius 2 is 2.24 bits per heavy atom. The average Bonchev–Trinajstić information content (AvgIpc) is 2.85. The third-order valence-corrected chi connectivity index (χ3v) is 5.00. The van der Waals surface area contributed by atoms with Crippen LogP contribution >= 0.6 is 11.3 Å². The summed E-state index contributed by atoms with van der Waals surface area (Å²) in [6.07, 6.45) is 0. The Balaban J connectivity index is 2.11. The molecule has 92 valence electrons. The lowest BCUT2D eigenvalue weighted by Gasteiger charge is -2.02. The van der Waals surface area contributed by atoms with Gasteiger partial charge < -0.3 is 0 Å². The predicted octanol–water partition coefficient (Wildman–Crippen LogP) is 0.0585. The molecule has 2 rings (SSSR count). The predicted molar refractivity (Wildman–Crippen MR) is 61.9 cm³/mol. The first-order chi connectivity index (χ1) is 7.99. The Morgan fingerprint density at radius 1 is 1.47 bits per heavy atom. The second-order valence-electron chi connectivity index (χ2n) is 3.41. The number of aromatic nitrogens is 4. The molecule has 0 spiro atoms. The molecule has 2 aromatic rings. The highest BCUT2D eigenvalue weighted by Crippen LogP contribution is 2.20. The van der Waals surface area contributed by atoms with Crippen LogP contribution in [0.4, 0.5) is 0 Å². The Hall–Kier alpha value is -1.32. The number of thiophene rings is 1. The molecule has 9 heteroatoms.